The monoisotopic (exact) mass is 468 g/mol. The van der Waals surface area contributed by atoms with E-state index in [-0.39, 0.29) is 11.1 Å². The molecular weight excluding hydrogens is 448 g/mol. The van der Waals surface area contributed by atoms with Crippen LogP contribution in [0.15, 0.2) is 132 Å². The van der Waals surface area contributed by atoms with Crippen molar-refractivity contribution in [3.63, 3.8) is 0 Å². The normalized spacial score (nSPS) is 16.9. The zero-order valence-corrected chi connectivity index (χ0v) is 19.2. The van der Waals surface area contributed by atoms with Crippen LogP contribution in [0.1, 0.15) is 11.1 Å². The van der Waals surface area contributed by atoms with Crippen molar-refractivity contribution in [2.24, 2.45) is 0 Å². The average Bonchev–Trinajstić information content (AvgIpc) is 3.52. The quantitative estimate of drug-likeness (QED) is 0.244. The molecule has 172 valence electrons. The summed E-state index contributed by atoms with van der Waals surface area (Å²) in [6, 6.07) is 35.6. The van der Waals surface area contributed by atoms with Gasteiger partial charge in [0.25, 0.3) is 0 Å². The molecule has 0 amide bonds. The van der Waals surface area contributed by atoms with E-state index in [4.69, 9.17) is 9.47 Å². The van der Waals surface area contributed by atoms with Gasteiger partial charge in [0, 0.05) is 11.1 Å². The van der Waals surface area contributed by atoms with E-state index >= 15 is 0 Å². The first-order valence-corrected chi connectivity index (χ1v) is 11.6. The number of hydrogen-bond donors (Lipinski definition) is 0. The number of cyclic esters (lactones) is 2. The van der Waals surface area contributed by atoms with E-state index < -0.39 is 11.9 Å². The van der Waals surface area contributed by atoms with Gasteiger partial charge >= 0.3 is 11.9 Å². The molecule has 0 saturated carbocycles. The third kappa shape index (κ3) is 4.05. The van der Waals surface area contributed by atoms with Crippen LogP contribution in [0, 0.1) is 0 Å². The van der Waals surface area contributed by atoms with Gasteiger partial charge in [0.05, 0.1) is 11.1 Å². The van der Waals surface area contributed by atoms with Crippen LogP contribution in [-0.2, 0) is 19.1 Å². The van der Waals surface area contributed by atoms with E-state index in [1.54, 1.807) is 12.2 Å². The molecule has 2 heterocycles. The van der Waals surface area contributed by atoms with Crippen molar-refractivity contribution in [1.29, 1.82) is 0 Å². The molecule has 2 aliphatic rings. The molecule has 36 heavy (non-hydrogen) atoms. The third-order valence-electron chi connectivity index (χ3n) is 6.24. The number of benzene rings is 4. The topological polar surface area (TPSA) is 52.6 Å². The fraction of sp³-hybridized carbons (Fsp3) is 0. The molecule has 4 aromatic carbocycles. The van der Waals surface area contributed by atoms with E-state index in [2.05, 4.69) is 0 Å². The van der Waals surface area contributed by atoms with Crippen molar-refractivity contribution in [2.75, 3.05) is 0 Å². The number of rotatable bonds is 4. The molecule has 6 rings (SSSR count). The number of ether oxygens (including phenoxy) is 2. The summed E-state index contributed by atoms with van der Waals surface area (Å²) in [7, 11) is 0. The Balaban J connectivity index is 1.28. The van der Waals surface area contributed by atoms with Crippen LogP contribution in [-0.4, -0.2) is 11.9 Å². The molecule has 0 aromatic heterocycles. The van der Waals surface area contributed by atoms with Crippen LogP contribution in [0.3, 0.4) is 0 Å². The zero-order chi connectivity index (χ0) is 24.5. The average molecular weight is 469 g/mol. The predicted octanol–water partition coefficient (Wildman–Crippen LogP) is 6.81. The predicted molar refractivity (Wildman–Crippen MR) is 139 cm³/mol. The molecule has 0 unspecified atom stereocenters. The van der Waals surface area contributed by atoms with E-state index in [1.165, 1.54) is 0 Å². The maximum absolute atomic E-state index is 12.7. The first kappa shape index (κ1) is 21.6. The Hall–Kier alpha value is -4.96. The fourth-order valence-corrected chi connectivity index (χ4v) is 4.32. The van der Waals surface area contributed by atoms with Crippen molar-refractivity contribution >= 4 is 23.5 Å². The van der Waals surface area contributed by atoms with Crippen LogP contribution < -0.4 is 0 Å². The maximum atomic E-state index is 12.7. The molecule has 4 heteroatoms. The van der Waals surface area contributed by atoms with E-state index in [0.717, 1.165) is 33.4 Å². The highest BCUT2D eigenvalue weighted by Gasteiger charge is 2.32. The van der Waals surface area contributed by atoms with Crippen LogP contribution in [0.5, 0.6) is 0 Å². The fourth-order valence-electron chi connectivity index (χ4n) is 4.32. The molecule has 4 nitrogen and oxygen atoms in total. The van der Waals surface area contributed by atoms with E-state index in [0.29, 0.717) is 11.5 Å². The van der Waals surface area contributed by atoms with Gasteiger partial charge in [-0.25, -0.2) is 9.59 Å². The molecule has 0 saturated heterocycles. The van der Waals surface area contributed by atoms with Gasteiger partial charge in [0.2, 0.25) is 0 Å². The summed E-state index contributed by atoms with van der Waals surface area (Å²) in [5, 5.41) is 0. The lowest BCUT2D eigenvalue weighted by molar-refractivity contribution is -0.133. The van der Waals surface area contributed by atoms with Crippen molar-refractivity contribution in [2.45, 2.75) is 0 Å². The van der Waals surface area contributed by atoms with Gasteiger partial charge in [-0.15, -0.1) is 0 Å². The highest BCUT2D eigenvalue weighted by Crippen LogP contribution is 2.35. The van der Waals surface area contributed by atoms with Crippen molar-refractivity contribution in [1.82, 2.24) is 0 Å². The van der Waals surface area contributed by atoms with Crippen molar-refractivity contribution in [3.8, 4) is 22.3 Å². The first-order valence-electron chi connectivity index (χ1n) is 11.6. The summed E-state index contributed by atoms with van der Waals surface area (Å²) < 4.78 is 11.0. The SMILES string of the molecule is O=C1OC(c2ccc(-c3ccccc3)cc2)=C/C1=C1/C=C(c2ccc(-c3ccccc3)cc2)OC1=O. The van der Waals surface area contributed by atoms with Gasteiger partial charge in [-0.05, 0) is 34.4 Å². The summed E-state index contributed by atoms with van der Waals surface area (Å²) in [5.74, 6) is -0.324. The second-order valence-electron chi connectivity index (χ2n) is 8.51. The van der Waals surface area contributed by atoms with E-state index in [1.807, 2.05) is 109 Å². The van der Waals surface area contributed by atoms with Gasteiger partial charge < -0.3 is 9.47 Å². The summed E-state index contributed by atoms with van der Waals surface area (Å²) in [5.41, 5.74) is 6.23. The minimum atomic E-state index is -0.569. The second kappa shape index (κ2) is 9.01. The van der Waals surface area contributed by atoms with Crippen LogP contribution in [0.25, 0.3) is 33.8 Å². The molecule has 0 radical (unpaired) electrons. The van der Waals surface area contributed by atoms with Crippen LogP contribution in [0.2, 0.25) is 0 Å². The van der Waals surface area contributed by atoms with Gasteiger partial charge in [-0.1, -0.05) is 109 Å². The Morgan fingerprint density at radius 3 is 1.03 bits per heavy atom. The molecule has 0 bridgehead atoms. The molecule has 4 aromatic rings. The summed E-state index contributed by atoms with van der Waals surface area (Å²) in [6.45, 7) is 0. The molecule has 0 fully saturated rings. The largest absolute Gasteiger partial charge is 0.422 e. The lowest BCUT2D eigenvalue weighted by Gasteiger charge is -2.05. The number of esters is 2. The third-order valence-corrected chi connectivity index (χ3v) is 6.24. The Labute approximate surface area is 208 Å². The van der Waals surface area contributed by atoms with Crippen LogP contribution >= 0.6 is 0 Å². The van der Waals surface area contributed by atoms with Gasteiger partial charge in [0.1, 0.15) is 11.5 Å². The Morgan fingerprint density at radius 1 is 0.361 bits per heavy atom. The standard InChI is InChI=1S/C32H20O4/c33-31-27(19-29(35-31)25-15-11-23(12-16-25)21-7-3-1-4-8-21)28-20-30(36-32(28)34)26-17-13-24(14-18-26)22-9-5-2-6-10-22/h1-20H/b28-27+. The maximum Gasteiger partial charge on any atom is 0.344 e. The van der Waals surface area contributed by atoms with Crippen LogP contribution in [0.4, 0.5) is 0 Å². The molecule has 0 N–H and O–H groups in total. The number of carbonyl (C=O) groups is 2. The molecular formula is C32H20O4. The Kier molecular flexibility index (Phi) is 5.39. The minimum Gasteiger partial charge on any atom is -0.422 e. The minimum absolute atomic E-state index is 0.193. The summed E-state index contributed by atoms with van der Waals surface area (Å²) in [4.78, 5) is 25.3. The van der Waals surface area contributed by atoms with Gasteiger partial charge in [-0.2, -0.15) is 0 Å². The second-order valence-corrected chi connectivity index (χ2v) is 8.51. The number of carbonyl (C=O) groups excluding carboxylic acids is 2. The van der Waals surface area contributed by atoms with E-state index in [9.17, 15) is 9.59 Å². The number of hydrogen-bond acceptors (Lipinski definition) is 4. The molecule has 0 aliphatic carbocycles. The Bertz CT molecular complexity index is 1440. The smallest absolute Gasteiger partial charge is 0.344 e. The summed E-state index contributed by atoms with van der Waals surface area (Å²) >= 11 is 0. The zero-order valence-electron chi connectivity index (χ0n) is 19.2. The Morgan fingerprint density at radius 2 is 0.667 bits per heavy atom. The molecule has 0 spiro atoms. The van der Waals surface area contributed by atoms with Crippen molar-refractivity contribution in [3.05, 3.63) is 144 Å². The highest BCUT2D eigenvalue weighted by atomic mass is 16.5. The lowest BCUT2D eigenvalue weighted by atomic mass is 10.0. The van der Waals surface area contributed by atoms with Gasteiger partial charge in [-0.3, -0.25) is 0 Å². The van der Waals surface area contributed by atoms with Crippen molar-refractivity contribution < 1.29 is 19.1 Å². The first-order chi connectivity index (χ1) is 17.7. The summed E-state index contributed by atoms with van der Waals surface area (Å²) in [6.07, 6.45) is 3.21. The molecule has 0 atom stereocenters. The highest BCUT2D eigenvalue weighted by molar-refractivity contribution is 6.12. The molecule has 2 aliphatic heterocycles. The lowest BCUT2D eigenvalue weighted by Crippen LogP contribution is -2.05. The van der Waals surface area contributed by atoms with Gasteiger partial charge in [0.15, 0.2) is 0 Å².